The predicted octanol–water partition coefficient (Wildman–Crippen LogP) is 20.9. The van der Waals surface area contributed by atoms with Gasteiger partial charge in [0.05, 0.1) is 39.9 Å². The minimum atomic E-state index is -4.57. The number of quaternary nitrogens is 1. The fourth-order valence-corrected chi connectivity index (χ4v) is 11.7. The molecule has 0 spiro atoms. The maximum atomic E-state index is 13.0. The van der Waals surface area contributed by atoms with Crippen LogP contribution in [0.2, 0.25) is 0 Å². The number of nitrogens with one attached hydrogen (secondary N) is 1. The molecule has 0 saturated carbocycles. The van der Waals surface area contributed by atoms with Crippen LogP contribution in [0, 0.1) is 0 Å². The third-order valence-electron chi connectivity index (χ3n) is 16.3. The van der Waals surface area contributed by atoms with Crippen LogP contribution in [0.25, 0.3) is 0 Å². The molecule has 0 aromatic carbocycles. The Morgan fingerprint density at radius 2 is 0.645 bits per heavy atom. The predicted molar refractivity (Wildman–Crippen MR) is 330 cm³/mol. The summed E-state index contributed by atoms with van der Waals surface area (Å²) in [4.78, 5) is 25.6. The Kier molecular flexibility index (Phi) is 58.7. The first-order chi connectivity index (χ1) is 37.0. The SMILES string of the molecule is CCCCCCCCCCCCCCCCCCCCCCCCCCCCCCCCC(O)C(COP(=O)([O-])OCC[N+](C)(C)C)NC(=O)CCCCCCCCCCCCCCCCCCCCCCCCCC. The number of phosphoric ester groups is 1. The highest BCUT2D eigenvalue weighted by atomic mass is 31.2. The van der Waals surface area contributed by atoms with Crippen molar-refractivity contribution in [2.75, 3.05) is 40.9 Å². The molecule has 456 valence electrons. The lowest BCUT2D eigenvalue weighted by Gasteiger charge is -2.30. The Hall–Kier alpha value is -0.500. The number of aliphatic hydroxyl groups excluding tert-OH is 1. The van der Waals surface area contributed by atoms with Gasteiger partial charge in [-0.15, -0.1) is 0 Å². The van der Waals surface area contributed by atoms with Gasteiger partial charge in [0.15, 0.2) is 0 Å². The highest BCUT2D eigenvalue weighted by Gasteiger charge is 2.24. The fourth-order valence-electron chi connectivity index (χ4n) is 11.0. The van der Waals surface area contributed by atoms with Gasteiger partial charge < -0.3 is 28.8 Å². The maximum Gasteiger partial charge on any atom is 0.268 e. The molecule has 1 amide bonds. The van der Waals surface area contributed by atoms with Crippen LogP contribution >= 0.6 is 7.82 Å². The average Bonchev–Trinajstić information content (AvgIpc) is 3.38. The van der Waals surface area contributed by atoms with Crippen molar-refractivity contribution in [2.45, 2.75) is 386 Å². The summed E-state index contributed by atoms with van der Waals surface area (Å²) >= 11 is 0. The van der Waals surface area contributed by atoms with Crippen molar-refractivity contribution >= 4 is 13.7 Å². The van der Waals surface area contributed by atoms with Gasteiger partial charge in [-0.2, -0.15) is 0 Å². The molecule has 3 unspecified atom stereocenters. The van der Waals surface area contributed by atoms with Crippen molar-refractivity contribution in [3.05, 3.63) is 0 Å². The fraction of sp³-hybridized carbons (Fsp3) is 0.985. The van der Waals surface area contributed by atoms with Crippen LogP contribution < -0.4 is 10.2 Å². The molecule has 0 radical (unpaired) electrons. The molecule has 2 N–H and O–H groups in total. The number of nitrogens with zero attached hydrogens (tertiary/aromatic N) is 1. The molecule has 3 atom stereocenters. The molecule has 8 nitrogen and oxygen atoms in total. The molecule has 9 heteroatoms. The first-order valence-electron chi connectivity index (χ1n) is 34.4. The number of likely N-dealkylation sites (N-methyl/N-ethyl adjacent to an activating group) is 1. The van der Waals surface area contributed by atoms with Crippen LogP contribution in [0.1, 0.15) is 373 Å². The van der Waals surface area contributed by atoms with Crippen LogP contribution in [0.5, 0.6) is 0 Å². The molecule has 0 fully saturated rings. The zero-order chi connectivity index (χ0) is 55.6. The Morgan fingerprint density at radius 1 is 0.408 bits per heavy atom. The molecule has 0 aliphatic carbocycles. The molecule has 0 heterocycles. The number of carbonyl (C=O) groups excluding carboxylic acids is 1. The smallest absolute Gasteiger partial charge is 0.268 e. The topological polar surface area (TPSA) is 108 Å². The van der Waals surface area contributed by atoms with Crippen molar-refractivity contribution in [3.63, 3.8) is 0 Å². The Morgan fingerprint density at radius 3 is 0.895 bits per heavy atom. The lowest BCUT2D eigenvalue weighted by atomic mass is 10.0. The minimum Gasteiger partial charge on any atom is -0.756 e. The van der Waals surface area contributed by atoms with E-state index in [1.54, 1.807) is 0 Å². The summed E-state index contributed by atoms with van der Waals surface area (Å²) in [5, 5.41) is 14.1. The van der Waals surface area contributed by atoms with Gasteiger partial charge in [0, 0.05) is 6.42 Å². The van der Waals surface area contributed by atoms with Crippen molar-refractivity contribution in [1.82, 2.24) is 5.32 Å². The van der Waals surface area contributed by atoms with Crippen LogP contribution in [0.15, 0.2) is 0 Å². The van der Waals surface area contributed by atoms with Gasteiger partial charge >= 0.3 is 0 Å². The molecule has 76 heavy (non-hydrogen) atoms. The Bertz CT molecular complexity index is 1200. The molecule has 0 aliphatic heterocycles. The first kappa shape index (κ1) is 75.5. The van der Waals surface area contributed by atoms with E-state index in [9.17, 15) is 19.4 Å². The quantitative estimate of drug-likeness (QED) is 0.0357. The number of carbonyl (C=O) groups is 1. The lowest BCUT2D eigenvalue weighted by Crippen LogP contribution is -2.46. The third kappa shape index (κ3) is 61.1. The summed E-state index contributed by atoms with van der Waals surface area (Å²) in [6.07, 6.45) is 73.2. The molecule has 0 aromatic heterocycles. The number of amides is 1. The lowest BCUT2D eigenvalue weighted by molar-refractivity contribution is -0.870. The highest BCUT2D eigenvalue weighted by molar-refractivity contribution is 7.45. The minimum absolute atomic E-state index is 0.0170. The second-order valence-electron chi connectivity index (χ2n) is 25.3. The summed E-state index contributed by atoms with van der Waals surface area (Å²) < 4.78 is 23.5. The van der Waals surface area contributed by atoms with Gasteiger partial charge in [-0.1, -0.05) is 354 Å². The number of hydrogen-bond acceptors (Lipinski definition) is 6. The number of aliphatic hydroxyl groups is 1. The van der Waals surface area contributed by atoms with Gasteiger partial charge in [0.1, 0.15) is 13.2 Å². The average molecular weight is 1100 g/mol. The van der Waals surface area contributed by atoms with E-state index in [0.717, 1.165) is 38.5 Å². The van der Waals surface area contributed by atoms with Gasteiger partial charge in [-0.05, 0) is 12.8 Å². The molecule has 0 bridgehead atoms. The van der Waals surface area contributed by atoms with Crippen molar-refractivity contribution in [3.8, 4) is 0 Å². The van der Waals surface area contributed by atoms with Crippen LogP contribution in [0.3, 0.4) is 0 Å². The van der Waals surface area contributed by atoms with E-state index in [4.69, 9.17) is 9.05 Å². The van der Waals surface area contributed by atoms with Gasteiger partial charge in [-0.25, -0.2) is 0 Å². The number of rotatable bonds is 65. The number of unbranched alkanes of at least 4 members (excludes halogenated alkanes) is 52. The van der Waals surface area contributed by atoms with E-state index in [0.29, 0.717) is 23.9 Å². The Labute approximate surface area is 476 Å². The monoisotopic (exact) mass is 1100 g/mol. The summed E-state index contributed by atoms with van der Waals surface area (Å²) in [5.74, 6) is -0.154. The van der Waals surface area contributed by atoms with Gasteiger partial charge in [0.25, 0.3) is 7.82 Å². The van der Waals surface area contributed by atoms with Crippen molar-refractivity contribution < 1.29 is 32.9 Å². The van der Waals surface area contributed by atoms with Crippen LogP contribution in [0.4, 0.5) is 0 Å². The summed E-state index contributed by atoms with van der Waals surface area (Å²) in [5.41, 5.74) is 0. The standard InChI is InChI=1S/C67H137N2O6P/c1-6-8-10-12-14-16-18-20-22-24-26-28-30-32-33-34-35-36-37-38-40-42-44-46-48-50-52-54-56-58-60-66(70)65(64-75-76(72,73)74-63-62-69(3,4)5)68-67(71)61-59-57-55-53-51-49-47-45-43-41-39-31-29-27-25-23-21-19-17-15-13-11-9-7-2/h65-66,70H,6-64H2,1-5H3,(H-,68,71,72,73). The number of hydrogen-bond donors (Lipinski definition) is 2. The largest absolute Gasteiger partial charge is 0.756 e. The molecular weight excluding hydrogens is 960 g/mol. The first-order valence-corrected chi connectivity index (χ1v) is 35.8. The van der Waals surface area contributed by atoms with E-state index in [1.807, 2.05) is 21.1 Å². The Balaban J connectivity index is 3.99. The van der Waals surface area contributed by atoms with E-state index < -0.39 is 20.0 Å². The highest BCUT2D eigenvalue weighted by Crippen LogP contribution is 2.38. The summed E-state index contributed by atoms with van der Waals surface area (Å²) in [7, 11) is 1.33. The normalized spacial score (nSPS) is 13.6. The molecular formula is C67H137N2O6P. The van der Waals surface area contributed by atoms with Crippen LogP contribution in [-0.4, -0.2) is 68.5 Å². The molecule has 0 rings (SSSR count). The second kappa shape index (κ2) is 59.1. The number of phosphoric acid groups is 1. The second-order valence-corrected chi connectivity index (χ2v) is 26.7. The third-order valence-corrected chi connectivity index (χ3v) is 17.3. The zero-order valence-corrected chi connectivity index (χ0v) is 53.2. The van der Waals surface area contributed by atoms with Crippen molar-refractivity contribution in [2.24, 2.45) is 0 Å². The van der Waals surface area contributed by atoms with Crippen molar-refractivity contribution in [1.29, 1.82) is 0 Å². The van der Waals surface area contributed by atoms with E-state index >= 15 is 0 Å². The zero-order valence-electron chi connectivity index (χ0n) is 52.3. The van der Waals surface area contributed by atoms with E-state index in [2.05, 4.69) is 19.2 Å². The molecule has 0 aliphatic rings. The summed E-state index contributed by atoms with van der Waals surface area (Å²) in [6.45, 7) is 4.80. The molecule has 0 aromatic rings. The molecule has 0 saturated heterocycles. The van der Waals surface area contributed by atoms with E-state index in [1.165, 1.54) is 308 Å². The van der Waals surface area contributed by atoms with Gasteiger partial charge in [-0.3, -0.25) is 9.36 Å². The van der Waals surface area contributed by atoms with Gasteiger partial charge in [0.2, 0.25) is 5.91 Å². The van der Waals surface area contributed by atoms with E-state index in [-0.39, 0.29) is 19.1 Å². The summed E-state index contributed by atoms with van der Waals surface area (Å²) in [6, 6.07) is -0.796. The maximum absolute atomic E-state index is 13.0. The van der Waals surface area contributed by atoms with Crippen LogP contribution in [-0.2, 0) is 18.4 Å².